The second-order valence-corrected chi connectivity index (χ2v) is 8.26. The predicted octanol–water partition coefficient (Wildman–Crippen LogP) is 4.77. The maximum atomic E-state index is 13.1. The number of Topliss-reactive ketones (excluding diaryl/α,β-unsaturated/α-hetero) is 1. The number of rotatable bonds is 6. The number of allylic oxidation sites excluding steroid dienone is 1. The van der Waals surface area contributed by atoms with E-state index in [2.05, 4.69) is 13.8 Å². The van der Waals surface area contributed by atoms with E-state index in [1.54, 1.807) is 30.3 Å². The summed E-state index contributed by atoms with van der Waals surface area (Å²) in [5.74, 6) is 2.37. The second kappa shape index (κ2) is 8.57. The third-order valence-electron chi connectivity index (χ3n) is 5.62. The van der Waals surface area contributed by atoms with E-state index in [0.29, 0.717) is 45.8 Å². The largest absolute Gasteiger partial charge is 0.493 e. The second-order valence-electron chi connectivity index (χ2n) is 8.26. The third-order valence-corrected chi connectivity index (χ3v) is 5.62. The van der Waals surface area contributed by atoms with Crippen molar-refractivity contribution in [2.45, 2.75) is 32.6 Å². The first-order valence-corrected chi connectivity index (χ1v) is 10.5. The Morgan fingerprint density at radius 2 is 1.72 bits per heavy atom. The van der Waals surface area contributed by atoms with Gasteiger partial charge in [-0.3, -0.25) is 9.59 Å². The van der Waals surface area contributed by atoms with E-state index < -0.39 is 0 Å². The summed E-state index contributed by atoms with van der Waals surface area (Å²) in [4.78, 5) is 25.2. The van der Waals surface area contributed by atoms with Crippen LogP contribution in [0.25, 0.3) is 6.08 Å². The van der Waals surface area contributed by atoms with Crippen LogP contribution in [-0.2, 0) is 4.79 Å². The molecule has 0 saturated carbocycles. The molecule has 7 nitrogen and oxygen atoms in total. The van der Waals surface area contributed by atoms with Gasteiger partial charge in [-0.15, -0.1) is 0 Å². The highest BCUT2D eigenvalue weighted by Gasteiger charge is 2.38. The molecule has 32 heavy (non-hydrogen) atoms. The molecular weight excluding hydrogens is 412 g/mol. The summed E-state index contributed by atoms with van der Waals surface area (Å²) in [6, 6.07) is 6.82. The number of esters is 1. The minimum atomic E-state index is -0.263. The van der Waals surface area contributed by atoms with E-state index in [1.807, 2.05) is 0 Å². The average Bonchev–Trinajstić information content (AvgIpc) is 3.07. The van der Waals surface area contributed by atoms with Crippen LogP contribution in [0.1, 0.15) is 54.1 Å². The van der Waals surface area contributed by atoms with Crippen LogP contribution in [0.4, 0.5) is 0 Å². The van der Waals surface area contributed by atoms with Gasteiger partial charge < -0.3 is 23.7 Å². The van der Waals surface area contributed by atoms with Gasteiger partial charge in [0.15, 0.2) is 17.3 Å². The summed E-state index contributed by atoms with van der Waals surface area (Å²) in [6.45, 7) is 4.20. The molecule has 0 aromatic heterocycles. The van der Waals surface area contributed by atoms with Crippen LogP contribution in [0, 0.1) is 5.92 Å². The molecule has 1 atom stereocenters. The molecule has 0 saturated heterocycles. The van der Waals surface area contributed by atoms with E-state index in [0.717, 1.165) is 12.0 Å². The fourth-order valence-electron chi connectivity index (χ4n) is 4.30. The lowest BCUT2D eigenvalue weighted by Crippen LogP contribution is -2.21. The number of hydrogen-bond acceptors (Lipinski definition) is 7. The Kier molecular flexibility index (Phi) is 5.82. The van der Waals surface area contributed by atoms with Crippen molar-refractivity contribution >= 4 is 17.8 Å². The zero-order valence-corrected chi connectivity index (χ0v) is 18.8. The Morgan fingerprint density at radius 3 is 2.31 bits per heavy atom. The van der Waals surface area contributed by atoms with Gasteiger partial charge in [0.1, 0.15) is 11.5 Å². The fourth-order valence-corrected chi connectivity index (χ4v) is 4.30. The molecule has 0 amide bonds. The predicted molar refractivity (Wildman–Crippen MR) is 118 cm³/mol. The summed E-state index contributed by atoms with van der Waals surface area (Å²) < 4.78 is 27.7. The Balaban J connectivity index is 1.76. The van der Waals surface area contributed by atoms with Crippen molar-refractivity contribution < 1.29 is 33.3 Å². The fraction of sp³-hybridized carbons (Fsp3) is 0.360. The highest BCUT2D eigenvalue weighted by atomic mass is 16.5. The number of benzene rings is 2. The third kappa shape index (κ3) is 3.79. The number of ketones is 1. The molecule has 2 aromatic carbocycles. The molecule has 7 heteroatoms. The molecule has 168 valence electrons. The molecule has 0 fully saturated rings. The normalized spacial score (nSPS) is 18.2. The summed E-state index contributed by atoms with van der Waals surface area (Å²) in [6.07, 6.45) is 2.71. The molecular formula is C25H26O7. The van der Waals surface area contributed by atoms with Gasteiger partial charge in [-0.05, 0) is 48.2 Å². The average molecular weight is 438 g/mol. The number of carbonyl (C=O) groups excluding carboxylic acids is 2. The van der Waals surface area contributed by atoms with Gasteiger partial charge in [0.05, 0.1) is 33.3 Å². The molecule has 1 unspecified atom stereocenters. The summed E-state index contributed by atoms with van der Waals surface area (Å²) >= 11 is 0. The molecule has 4 rings (SSSR count). The first-order chi connectivity index (χ1) is 15.4. The minimum Gasteiger partial charge on any atom is -0.493 e. The van der Waals surface area contributed by atoms with Gasteiger partial charge in [0.2, 0.25) is 11.5 Å². The minimum absolute atomic E-state index is 0.0606. The number of fused-ring (bicyclic) bond motifs is 3. The smallest absolute Gasteiger partial charge is 0.311 e. The monoisotopic (exact) mass is 438 g/mol. The first kappa shape index (κ1) is 21.7. The van der Waals surface area contributed by atoms with Crippen molar-refractivity contribution in [2.75, 3.05) is 21.3 Å². The molecule has 0 aliphatic carbocycles. The number of hydrogen-bond donors (Lipinski definition) is 0. The van der Waals surface area contributed by atoms with Crippen LogP contribution < -0.4 is 23.7 Å². The summed E-state index contributed by atoms with van der Waals surface area (Å²) in [5.41, 5.74) is 1.92. The molecule has 0 spiro atoms. The van der Waals surface area contributed by atoms with Gasteiger partial charge in [-0.25, -0.2) is 0 Å². The number of carbonyl (C=O) groups is 2. The van der Waals surface area contributed by atoms with E-state index in [1.165, 1.54) is 21.3 Å². The summed E-state index contributed by atoms with van der Waals surface area (Å²) in [5, 5.41) is 0. The number of ether oxygens (including phenoxy) is 5. The quantitative estimate of drug-likeness (QED) is 0.365. The lowest BCUT2D eigenvalue weighted by Gasteiger charge is -2.27. The molecule has 2 heterocycles. The lowest BCUT2D eigenvalue weighted by atomic mass is 9.84. The van der Waals surface area contributed by atoms with Crippen LogP contribution in [0.5, 0.6) is 28.7 Å². The van der Waals surface area contributed by atoms with E-state index in [-0.39, 0.29) is 29.9 Å². The highest BCUT2D eigenvalue weighted by molar-refractivity contribution is 6.15. The van der Waals surface area contributed by atoms with Gasteiger partial charge in [-0.2, -0.15) is 0 Å². The van der Waals surface area contributed by atoms with Gasteiger partial charge >= 0.3 is 5.97 Å². The molecule has 2 aliphatic rings. The molecule has 0 N–H and O–H groups in total. The SMILES string of the molecule is COc1cc(/C=C2/Oc3c(ccc4c3C(CC(C)C)CC(=O)O4)C2=O)cc(OC)c1OC. The Labute approximate surface area is 186 Å². The van der Waals surface area contributed by atoms with E-state index in [4.69, 9.17) is 23.7 Å². The highest BCUT2D eigenvalue weighted by Crippen LogP contribution is 2.49. The van der Waals surface area contributed by atoms with Gasteiger partial charge in [0, 0.05) is 11.5 Å². The zero-order chi connectivity index (χ0) is 23.0. The number of methoxy groups -OCH3 is 3. The zero-order valence-electron chi connectivity index (χ0n) is 18.8. The molecule has 0 bridgehead atoms. The Bertz CT molecular complexity index is 1090. The van der Waals surface area contributed by atoms with Gasteiger partial charge in [0.25, 0.3) is 0 Å². The van der Waals surface area contributed by atoms with Crippen molar-refractivity contribution in [1.29, 1.82) is 0 Å². The first-order valence-electron chi connectivity index (χ1n) is 10.5. The van der Waals surface area contributed by atoms with Crippen LogP contribution in [0.2, 0.25) is 0 Å². The van der Waals surface area contributed by atoms with Crippen molar-refractivity contribution in [3.8, 4) is 28.7 Å². The topological polar surface area (TPSA) is 80.3 Å². The summed E-state index contributed by atoms with van der Waals surface area (Å²) in [7, 11) is 4.59. The van der Waals surface area contributed by atoms with Crippen LogP contribution in [0.3, 0.4) is 0 Å². The van der Waals surface area contributed by atoms with Crippen molar-refractivity contribution in [3.63, 3.8) is 0 Å². The van der Waals surface area contributed by atoms with Crippen molar-refractivity contribution in [3.05, 3.63) is 46.7 Å². The van der Waals surface area contributed by atoms with Crippen molar-refractivity contribution in [1.82, 2.24) is 0 Å². The van der Waals surface area contributed by atoms with Crippen LogP contribution in [-0.4, -0.2) is 33.1 Å². The van der Waals surface area contributed by atoms with E-state index in [9.17, 15) is 9.59 Å². The maximum absolute atomic E-state index is 13.1. The Morgan fingerprint density at radius 1 is 1.03 bits per heavy atom. The standard InChI is InChI=1S/C25H26O7/c1-13(2)8-15-12-21(26)31-17-7-6-16-23(27)18(32-24(16)22(15)17)9-14-10-19(28-3)25(30-5)20(11-14)29-4/h6-7,9-11,13,15H,8,12H2,1-5H3/b18-9+. The Hall–Kier alpha value is -3.48. The molecule has 0 radical (unpaired) electrons. The van der Waals surface area contributed by atoms with Crippen LogP contribution in [0.15, 0.2) is 30.0 Å². The molecule has 2 aliphatic heterocycles. The van der Waals surface area contributed by atoms with Crippen molar-refractivity contribution in [2.24, 2.45) is 5.92 Å². The lowest BCUT2D eigenvalue weighted by molar-refractivity contribution is -0.136. The van der Waals surface area contributed by atoms with Crippen LogP contribution >= 0.6 is 0 Å². The van der Waals surface area contributed by atoms with E-state index >= 15 is 0 Å². The molecule has 2 aromatic rings. The maximum Gasteiger partial charge on any atom is 0.311 e. The van der Waals surface area contributed by atoms with Gasteiger partial charge in [-0.1, -0.05) is 13.8 Å².